The normalized spacial score (nSPS) is 16.2. The summed E-state index contributed by atoms with van der Waals surface area (Å²) in [6.45, 7) is 4.41. The maximum atomic E-state index is 12.7. The summed E-state index contributed by atoms with van der Waals surface area (Å²) in [6.07, 6.45) is 3.86. The molecule has 31 heavy (non-hydrogen) atoms. The molecule has 1 N–H and O–H groups in total. The van der Waals surface area contributed by atoms with Crippen molar-refractivity contribution in [3.8, 4) is 11.3 Å². The number of carbonyl (C=O) groups is 1. The number of piperidine rings is 1. The third kappa shape index (κ3) is 5.48. The van der Waals surface area contributed by atoms with Gasteiger partial charge in [-0.15, -0.1) is 10.2 Å². The van der Waals surface area contributed by atoms with Crippen molar-refractivity contribution in [1.29, 1.82) is 0 Å². The molecular weight excluding hydrogens is 384 g/mol. The predicted molar refractivity (Wildman–Crippen MR) is 125 cm³/mol. The molecule has 0 unspecified atom stereocenters. The summed E-state index contributed by atoms with van der Waals surface area (Å²) >= 11 is 0. The SMILES string of the molecule is Cc1ccccc1-c1ccc(N2CCC[C@H](C(=O)NCCCc3ccccc3)C2)nn1. The molecule has 5 nitrogen and oxygen atoms in total. The second-order valence-corrected chi connectivity index (χ2v) is 8.26. The first-order chi connectivity index (χ1) is 15.2. The van der Waals surface area contributed by atoms with Gasteiger partial charge in [-0.25, -0.2) is 0 Å². The molecule has 1 amide bonds. The molecule has 3 aromatic rings. The number of nitrogens with one attached hydrogen (secondary N) is 1. The van der Waals surface area contributed by atoms with E-state index in [0.29, 0.717) is 6.54 Å². The van der Waals surface area contributed by atoms with E-state index < -0.39 is 0 Å². The second-order valence-electron chi connectivity index (χ2n) is 8.26. The zero-order valence-electron chi connectivity index (χ0n) is 18.1. The van der Waals surface area contributed by atoms with Gasteiger partial charge in [-0.3, -0.25) is 4.79 Å². The van der Waals surface area contributed by atoms with Crippen LogP contribution in [0.15, 0.2) is 66.7 Å². The van der Waals surface area contributed by atoms with E-state index in [1.807, 2.05) is 30.3 Å². The first-order valence-electron chi connectivity index (χ1n) is 11.2. The third-order valence-corrected chi connectivity index (χ3v) is 5.97. The highest BCUT2D eigenvalue weighted by molar-refractivity contribution is 5.79. The molecule has 4 rings (SSSR count). The lowest BCUT2D eigenvalue weighted by atomic mass is 9.97. The Labute approximate surface area is 184 Å². The summed E-state index contributed by atoms with van der Waals surface area (Å²) in [5, 5.41) is 12.0. The number of nitrogens with zero attached hydrogens (tertiary/aromatic N) is 3. The lowest BCUT2D eigenvalue weighted by Gasteiger charge is -2.32. The van der Waals surface area contributed by atoms with Crippen molar-refractivity contribution >= 4 is 11.7 Å². The van der Waals surface area contributed by atoms with Crippen molar-refractivity contribution in [2.24, 2.45) is 5.92 Å². The van der Waals surface area contributed by atoms with E-state index in [4.69, 9.17) is 0 Å². The number of amides is 1. The van der Waals surface area contributed by atoms with Gasteiger partial charge in [-0.05, 0) is 55.9 Å². The fourth-order valence-corrected chi connectivity index (χ4v) is 4.19. The molecule has 2 heterocycles. The molecule has 0 spiro atoms. The summed E-state index contributed by atoms with van der Waals surface area (Å²) in [5.41, 5.74) is 4.49. The standard InChI is InChI=1S/C26H30N4O/c1-20-9-5-6-14-23(20)24-15-16-25(29-28-24)30-18-8-13-22(19-30)26(31)27-17-7-12-21-10-3-2-4-11-21/h2-6,9-11,14-16,22H,7-8,12-13,17-19H2,1H3,(H,27,31)/t22-/m0/s1. The van der Waals surface area contributed by atoms with Crippen LogP contribution in [0.2, 0.25) is 0 Å². The molecule has 0 radical (unpaired) electrons. The smallest absolute Gasteiger partial charge is 0.224 e. The van der Waals surface area contributed by atoms with Crippen molar-refractivity contribution in [2.45, 2.75) is 32.6 Å². The molecule has 1 aliphatic rings. The van der Waals surface area contributed by atoms with Gasteiger partial charge >= 0.3 is 0 Å². The zero-order valence-corrected chi connectivity index (χ0v) is 18.1. The number of rotatable bonds is 7. The van der Waals surface area contributed by atoms with Crippen LogP contribution in [-0.2, 0) is 11.2 Å². The van der Waals surface area contributed by atoms with Crippen LogP contribution in [0.25, 0.3) is 11.3 Å². The zero-order chi connectivity index (χ0) is 21.5. The van der Waals surface area contributed by atoms with Gasteiger partial charge in [0.1, 0.15) is 0 Å². The number of aromatic nitrogens is 2. The summed E-state index contributed by atoms with van der Waals surface area (Å²) in [5.74, 6) is 1.00. The van der Waals surface area contributed by atoms with Gasteiger partial charge in [-0.2, -0.15) is 0 Å². The van der Waals surface area contributed by atoms with E-state index in [9.17, 15) is 4.79 Å². The lowest BCUT2D eigenvalue weighted by Crippen LogP contribution is -2.43. The van der Waals surface area contributed by atoms with Gasteiger partial charge in [0.15, 0.2) is 5.82 Å². The highest BCUT2D eigenvalue weighted by atomic mass is 16.1. The minimum Gasteiger partial charge on any atom is -0.356 e. The third-order valence-electron chi connectivity index (χ3n) is 5.97. The summed E-state index contributed by atoms with van der Waals surface area (Å²) in [7, 11) is 0. The highest BCUT2D eigenvalue weighted by Crippen LogP contribution is 2.25. The summed E-state index contributed by atoms with van der Waals surface area (Å²) in [6, 6.07) is 22.7. The second kappa shape index (κ2) is 10.2. The monoisotopic (exact) mass is 414 g/mol. The topological polar surface area (TPSA) is 58.1 Å². The molecule has 1 aromatic heterocycles. The van der Waals surface area contributed by atoms with Crippen molar-refractivity contribution < 1.29 is 4.79 Å². The largest absolute Gasteiger partial charge is 0.356 e. The van der Waals surface area contributed by atoms with E-state index in [-0.39, 0.29) is 11.8 Å². The Morgan fingerprint density at radius 3 is 2.61 bits per heavy atom. The van der Waals surface area contributed by atoms with Crippen LogP contribution in [-0.4, -0.2) is 35.7 Å². The Morgan fingerprint density at radius 1 is 1.03 bits per heavy atom. The fraction of sp³-hybridized carbons (Fsp3) is 0.346. The van der Waals surface area contributed by atoms with Crippen LogP contribution >= 0.6 is 0 Å². The Morgan fingerprint density at radius 2 is 1.84 bits per heavy atom. The van der Waals surface area contributed by atoms with Crippen molar-refractivity contribution in [3.63, 3.8) is 0 Å². The first kappa shape index (κ1) is 21.0. The average molecular weight is 415 g/mol. The Kier molecular flexibility index (Phi) is 6.92. The van der Waals surface area contributed by atoms with Crippen LogP contribution in [0.5, 0.6) is 0 Å². The van der Waals surface area contributed by atoms with Crippen LogP contribution in [0, 0.1) is 12.8 Å². The van der Waals surface area contributed by atoms with Crippen molar-refractivity contribution in [3.05, 3.63) is 77.9 Å². The van der Waals surface area contributed by atoms with Gasteiger partial charge in [0.2, 0.25) is 5.91 Å². The van der Waals surface area contributed by atoms with Gasteiger partial charge in [-0.1, -0.05) is 54.6 Å². The van der Waals surface area contributed by atoms with E-state index in [2.05, 4.69) is 63.7 Å². The van der Waals surface area contributed by atoms with Gasteiger partial charge in [0.25, 0.3) is 0 Å². The molecule has 160 valence electrons. The average Bonchev–Trinajstić information content (AvgIpc) is 2.83. The summed E-state index contributed by atoms with van der Waals surface area (Å²) < 4.78 is 0. The quantitative estimate of drug-likeness (QED) is 0.582. The molecule has 5 heteroatoms. The van der Waals surface area contributed by atoms with Gasteiger partial charge < -0.3 is 10.2 Å². The molecular formula is C26H30N4O. The lowest BCUT2D eigenvalue weighted by molar-refractivity contribution is -0.125. The molecule has 0 aliphatic carbocycles. The molecule has 0 bridgehead atoms. The van der Waals surface area contributed by atoms with E-state index in [0.717, 1.165) is 55.8 Å². The molecule has 1 aliphatic heterocycles. The number of benzene rings is 2. The van der Waals surface area contributed by atoms with Gasteiger partial charge in [0, 0.05) is 25.2 Å². The Hall–Kier alpha value is -3.21. The number of aryl methyl sites for hydroxylation is 2. The first-order valence-corrected chi connectivity index (χ1v) is 11.2. The molecule has 1 atom stereocenters. The number of carbonyl (C=O) groups excluding carboxylic acids is 1. The maximum absolute atomic E-state index is 12.7. The minimum atomic E-state index is 0.00307. The van der Waals surface area contributed by atoms with Crippen molar-refractivity contribution in [2.75, 3.05) is 24.5 Å². The maximum Gasteiger partial charge on any atom is 0.224 e. The van der Waals surface area contributed by atoms with Crippen LogP contribution in [0.4, 0.5) is 5.82 Å². The van der Waals surface area contributed by atoms with E-state index in [1.54, 1.807) is 0 Å². The van der Waals surface area contributed by atoms with Crippen LogP contribution in [0.3, 0.4) is 0 Å². The highest BCUT2D eigenvalue weighted by Gasteiger charge is 2.26. The number of hydrogen-bond acceptors (Lipinski definition) is 4. The predicted octanol–water partition coefficient (Wildman–Crippen LogP) is 4.42. The Bertz CT molecular complexity index is 988. The molecule has 1 saturated heterocycles. The number of hydrogen-bond donors (Lipinski definition) is 1. The van der Waals surface area contributed by atoms with Crippen molar-refractivity contribution in [1.82, 2.24) is 15.5 Å². The Balaban J connectivity index is 1.29. The van der Waals surface area contributed by atoms with Gasteiger partial charge in [0.05, 0.1) is 11.6 Å². The fourth-order valence-electron chi connectivity index (χ4n) is 4.19. The van der Waals surface area contributed by atoms with E-state index >= 15 is 0 Å². The minimum absolute atomic E-state index is 0.00307. The van der Waals surface area contributed by atoms with E-state index in [1.165, 1.54) is 11.1 Å². The summed E-state index contributed by atoms with van der Waals surface area (Å²) in [4.78, 5) is 14.9. The van der Waals surface area contributed by atoms with Crippen LogP contribution in [0.1, 0.15) is 30.4 Å². The molecule has 0 saturated carbocycles. The van der Waals surface area contributed by atoms with Crippen LogP contribution < -0.4 is 10.2 Å². The molecule has 2 aromatic carbocycles. The number of anilines is 1. The molecule has 1 fully saturated rings.